The molecule has 0 saturated carbocycles. The number of aliphatic hydroxyl groups is 1. The Labute approximate surface area is 119 Å². The van der Waals surface area contributed by atoms with E-state index in [1.165, 1.54) is 0 Å². The molecule has 0 aromatic heterocycles. The zero-order chi connectivity index (χ0) is 13.8. The van der Waals surface area contributed by atoms with Crippen molar-refractivity contribution in [3.8, 4) is 0 Å². The van der Waals surface area contributed by atoms with E-state index in [2.05, 4.69) is 13.8 Å². The van der Waals surface area contributed by atoms with Crippen molar-refractivity contribution in [2.24, 2.45) is 17.1 Å². The van der Waals surface area contributed by atoms with Gasteiger partial charge in [0.25, 0.3) is 0 Å². The molecule has 0 aliphatic rings. The SMILES string of the molecule is CC(C)CC(CN)(CO)Cc1c(Cl)cccc1Cl. The second-order valence-electron chi connectivity index (χ2n) is 5.34. The average molecular weight is 290 g/mol. The fourth-order valence-corrected chi connectivity index (χ4v) is 2.89. The van der Waals surface area contributed by atoms with Crippen LogP contribution in [-0.2, 0) is 6.42 Å². The number of rotatable bonds is 6. The first-order chi connectivity index (χ1) is 8.44. The van der Waals surface area contributed by atoms with E-state index in [4.69, 9.17) is 28.9 Å². The lowest BCUT2D eigenvalue weighted by molar-refractivity contribution is 0.108. The lowest BCUT2D eigenvalue weighted by Gasteiger charge is -2.33. The molecule has 102 valence electrons. The molecule has 0 aliphatic carbocycles. The van der Waals surface area contributed by atoms with Crippen LogP contribution >= 0.6 is 23.2 Å². The molecule has 1 rings (SSSR count). The summed E-state index contributed by atoms with van der Waals surface area (Å²) in [6.45, 7) is 4.70. The van der Waals surface area contributed by atoms with Crippen molar-refractivity contribution >= 4 is 23.2 Å². The quantitative estimate of drug-likeness (QED) is 0.842. The van der Waals surface area contributed by atoms with Gasteiger partial charge in [-0.1, -0.05) is 43.1 Å². The smallest absolute Gasteiger partial charge is 0.0502 e. The number of benzene rings is 1. The predicted molar refractivity (Wildman–Crippen MR) is 78.2 cm³/mol. The van der Waals surface area contributed by atoms with Gasteiger partial charge in [-0.25, -0.2) is 0 Å². The summed E-state index contributed by atoms with van der Waals surface area (Å²) in [6, 6.07) is 5.45. The van der Waals surface area contributed by atoms with E-state index in [9.17, 15) is 5.11 Å². The third-order valence-electron chi connectivity index (χ3n) is 3.22. The van der Waals surface area contributed by atoms with Crippen LogP contribution in [0.3, 0.4) is 0 Å². The molecule has 0 bridgehead atoms. The van der Waals surface area contributed by atoms with Gasteiger partial charge >= 0.3 is 0 Å². The molecule has 0 spiro atoms. The highest BCUT2D eigenvalue weighted by Crippen LogP contribution is 2.35. The topological polar surface area (TPSA) is 46.2 Å². The van der Waals surface area contributed by atoms with E-state index in [1.807, 2.05) is 18.2 Å². The zero-order valence-corrected chi connectivity index (χ0v) is 12.4. The monoisotopic (exact) mass is 289 g/mol. The van der Waals surface area contributed by atoms with Crippen molar-refractivity contribution in [3.05, 3.63) is 33.8 Å². The molecular formula is C14H21Cl2NO. The first-order valence-electron chi connectivity index (χ1n) is 6.18. The summed E-state index contributed by atoms with van der Waals surface area (Å²) >= 11 is 12.4. The summed E-state index contributed by atoms with van der Waals surface area (Å²) in [6.07, 6.45) is 1.46. The van der Waals surface area contributed by atoms with E-state index < -0.39 is 0 Å². The summed E-state index contributed by atoms with van der Waals surface area (Å²) < 4.78 is 0. The maximum absolute atomic E-state index is 9.70. The molecule has 2 nitrogen and oxygen atoms in total. The van der Waals surface area contributed by atoms with Gasteiger partial charge in [-0.3, -0.25) is 0 Å². The van der Waals surface area contributed by atoms with Crippen molar-refractivity contribution in [3.63, 3.8) is 0 Å². The molecule has 3 N–H and O–H groups in total. The van der Waals surface area contributed by atoms with Gasteiger partial charge in [0.05, 0.1) is 6.61 Å². The Balaban J connectivity index is 3.03. The van der Waals surface area contributed by atoms with E-state index >= 15 is 0 Å². The number of halogens is 2. The Kier molecular flexibility index (Phi) is 5.93. The van der Waals surface area contributed by atoms with Crippen molar-refractivity contribution in [1.82, 2.24) is 0 Å². The standard InChI is InChI=1S/C14H21Cl2NO/c1-10(2)6-14(8-17,9-18)7-11-12(15)4-3-5-13(11)16/h3-5,10,18H,6-9,17H2,1-2H3. The average Bonchev–Trinajstić information content (AvgIpc) is 2.32. The van der Waals surface area contributed by atoms with Gasteiger partial charge < -0.3 is 10.8 Å². The summed E-state index contributed by atoms with van der Waals surface area (Å²) in [5, 5.41) is 11.0. The van der Waals surface area contributed by atoms with E-state index in [1.54, 1.807) is 0 Å². The van der Waals surface area contributed by atoms with Gasteiger partial charge in [0.15, 0.2) is 0 Å². The predicted octanol–water partition coefficient (Wildman–Crippen LogP) is 3.52. The summed E-state index contributed by atoms with van der Waals surface area (Å²) in [5.74, 6) is 0.460. The van der Waals surface area contributed by atoms with Crippen LogP contribution in [0.4, 0.5) is 0 Å². The fraction of sp³-hybridized carbons (Fsp3) is 0.571. The maximum atomic E-state index is 9.70. The minimum atomic E-state index is -0.344. The minimum absolute atomic E-state index is 0.0449. The van der Waals surface area contributed by atoms with Gasteiger partial charge in [0.1, 0.15) is 0 Å². The zero-order valence-electron chi connectivity index (χ0n) is 10.9. The van der Waals surface area contributed by atoms with E-state index in [0.717, 1.165) is 12.0 Å². The second kappa shape index (κ2) is 6.76. The van der Waals surface area contributed by atoms with Crippen molar-refractivity contribution in [2.45, 2.75) is 26.7 Å². The Morgan fingerprint density at radius 3 is 2.22 bits per heavy atom. The molecule has 4 heteroatoms. The number of aliphatic hydroxyl groups excluding tert-OH is 1. The van der Waals surface area contributed by atoms with Crippen molar-refractivity contribution < 1.29 is 5.11 Å². The lowest BCUT2D eigenvalue weighted by atomic mass is 9.76. The lowest BCUT2D eigenvalue weighted by Crippen LogP contribution is -2.38. The number of hydrogen-bond donors (Lipinski definition) is 2. The highest BCUT2D eigenvalue weighted by Gasteiger charge is 2.30. The molecule has 0 radical (unpaired) electrons. The number of nitrogens with two attached hydrogens (primary N) is 1. The Hall–Kier alpha value is -0.280. The largest absolute Gasteiger partial charge is 0.396 e. The van der Waals surface area contributed by atoms with Crippen LogP contribution in [0, 0.1) is 11.3 Å². The molecule has 1 aromatic rings. The van der Waals surface area contributed by atoms with Crippen LogP contribution in [0.2, 0.25) is 10.0 Å². The number of hydrogen-bond acceptors (Lipinski definition) is 2. The first kappa shape index (κ1) is 15.8. The Morgan fingerprint density at radius 1 is 1.28 bits per heavy atom. The van der Waals surface area contributed by atoms with Crippen molar-refractivity contribution in [2.75, 3.05) is 13.2 Å². The summed E-state index contributed by atoms with van der Waals surface area (Å²) in [5.41, 5.74) is 6.40. The third-order valence-corrected chi connectivity index (χ3v) is 3.93. The molecular weight excluding hydrogens is 269 g/mol. The van der Waals surface area contributed by atoms with Crippen LogP contribution in [0.15, 0.2) is 18.2 Å². The third kappa shape index (κ3) is 3.86. The van der Waals surface area contributed by atoms with Gasteiger partial charge in [-0.2, -0.15) is 0 Å². The van der Waals surface area contributed by atoms with Gasteiger partial charge in [-0.15, -0.1) is 0 Å². The second-order valence-corrected chi connectivity index (χ2v) is 6.15. The Morgan fingerprint density at radius 2 is 1.83 bits per heavy atom. The van der Waals surface area contributed by atoms with Crippen LogP contribution in [0.1, 0.15) is 25.8 Å². The molecule has 1 unspecified atom stereocenters. The van der Waals surface area contributed by atoms with Crippen LogP contribution in [-0.4, -0.2) is 18.3 Å². The van der Waals surface area contributed by atoms with Gasteiger partial charge in [-0.05, 0) is 36.5 Å². The van der Waals surface area contributed by atoms with E-state index in [0.29, 0.717) is 28.9 Å². The molecule has 0 heterocycles. The minimum Gasteiger partial charge on any atom is -0.396 e. The molecule has 0 saturated heterocycles. The molecule has 1 atom stereocenters. The summed E-state index contributed by atoms with van der Waals surface area (Å²) in [7, 11) is 0. The highest BCUT2D eigenvalue weighted by atomic mass is 35.5. The molecule has 18 heavy (non-hydrogen) atoms. The normalized spacial score (nSPS) is 14.8. The van der Waals surface area contributed by atoms with Crippen molar-refractivity contribution in [1.29, 1.82) is 0 Å². The van der Waals surface area contributed by atoms with Crippen LogP contribution in [0.5, 0.6) is 0 Å². The maximum Gasteiger partial charge on any atom is 0.0502 e. The van der Waals surface area contributed by atoms with Gasteiger partial charge in [0.2, 0.25) is 0 Å². The molecule has 0 amide bonds. The van der Waals surface area contributed by atoms with Crippen LogP contribution in [0.25, 0.3) is 0 Å². The Bertz CT molecular complexity index is 369. The van der Waals surface area contributed by atoms with Crippen LogP contribution < -0.4 is 5.73 Å². The van der Waals surface area contributed by atoms with E-state index in [-0.39, 0.29) is 12.0 Å². The summed E-state index contributed by atoms with van der Waals surface area (Å²) in [4.78, 5) is 0. The first-order valence-corrected chi connectivity index (χ1v) is 6.93. The molecule has 0 aliphatic heterocycles. The molecule has 0 fully saturated rings. The fourth-order valence-electron chi connectivity index (χ4n) is 2.35. The molecule has 1 aromatic carbocycles. The van der Waals surface area contributed by atoms with Gasteiger partial charge in [0, 0.05) is 22.0 Å². The highest BCUT2D eigenvalue weighted by molar-refractivity contribution is 6.36.